The highest BCUT2D eigenvalue weighted by molar-refractivity contribution is 5.92. The lowest BCUT2D eigenvalue weighted by atomic mass is 10.1. The Hall–Kier alpha value is -3.98. The number of nitrogens with zero attached hydrogens (tertiary/aromatic N) is 3. The Kier molecular flexibility index (Phi) is 5.18. The van der Waals surface area contributed by atoms with Crippen LogP contribution in [0.1, 0.15) is 38.3 Å². The van der Waals surface area contributed by atoms with E-state index in [0.717, 1.165) is 21.4 Å². The summed E-state index contributed by atoms with van der Waals surface area (Å²) in [6.07, 6.45) is 3.10. The van der Waals surface area contributed by atoms with Crippen LogP contribution in [-0.2, 0) is 0 Å². The smallest absolute Gasteiger partial charge is 0.357 e. The molecule has 0 aliphatic carbocycles. The van der Waals surface area contributed by atoms with Gasteiger partial charge in [0.1, 0.15) is 11.6 Å². The molecule has 0 fully saturated rings. The molecule has 0 radical (unpaired) electrons. The number of aromatic carboxylic acids is 1. The second-order valence-corrected chi connectivity index (χ2v) is 6.30. The van der Waals surface area contributed by atoms with Crippen LogP contribution in [0.25, 0.3) is 17.8 Å². The first-order chi connectivity index (χ1) is 13.4. The molecule has 0 aliphatic heterocycles. The molecule has 0 atom stereocenters. The zero-order valence-electron chi connectivity index (χ0n) is 15.4. The Balaban J connectivity index is 2.23. The first kappa shape index (κ1) is 18.8. The Labute approximate surface area is 161 Å². The van der Waals surface area contributed by atoms with E-state index in [1.165, 1.54) is 6.08 Å². The van der Waals surface area contributed by atoms with Gasteiger partial charge in [-0.15, -0.1) is 0 Å². The highest BCUT2D eigenvalue weighted by Crippen LogP contribution is 2.17. The summed E-state index contributed by atoms with van der Waals surface area (Å²) >= 11 is 0. The topological polar surface area (TPSA) is 96.0 Å². The molecule has 6 nitrogen and oxygen atoms in total. The standard InChI is InChI=1S/C22H17N3O3/c1-14-7-9-16(10-8-14)11-12-17-18(13-23)21(26)25(24-20(17)22(27)28)19-6-4-3-5-15(19)2/h3-12H,1-2H3,(H,27,28)/b12-11-. The third-order valence-electron chi connectivity index (χ3n) is 4.31. The van der Waals surface area contributed by atoms with Gasteiger partial charge in [-0.3, -0.25) is 4.79 Å². The lowest BCUT2D eigenvalue weighted by Gasteiger charge is -2.11. The minimum atomic E-state index is -1.32. The van der Waals surface area contributed by atoms with Crippen LogP contribution in [0.5, 0.6) is 0 Å². The summed E-state index contributed by atoms with van der Waals surface area (Å²) in [4.78, 5) is 24.7. The van der Waals surface area contributed by atoms with E-state index in [2.05, 4.69) is 5.10 Å². The van der Waals surface area contributed by atoms with Gasteiger partial charge >= 0.3 is 5.97 Å². The van der Waals surface area contributed by atoms with Crippen LogP contribution < -0.4 is 5.56 Å². The van der Waals surface area contributed by atoms with E-state index in [0.29, 0.717) is 5.69 Å². The van der Waals surface area contributed by atoms with Crippen LogP contribution in [0.2, 0.25) is 0 Å². The minimum absolute atomic E-state index is 0.00888. The second kappa shape index (κ2) is 7.72. The summed E-state index contributed by atoms with van der Waals surface area (Å²) in [5.41, 5.74) is 1.77. The number of hydrogen-bond acceptors (Lipinski definition) is 4. The maximum atomic E-state index is 12.9. The van der Waals surface area contributed by atoms with Crippen molar-refractivity contribution in [2.24, 2.45) is 0 Å². The van der Waals surface area contributed by atoms with Gasteiger partial charge in [0.15, 0.2) is 5.69 Å². The summed E-state index contributed by atoms with van der Waals surface area (Å²) in [7, 11) is 0. The Morgan fingerprint density at radius 1 is 1.11 bits per heavy atom. The van der Waals surface area contributed by atoms with Crippen molar-refractivity contribution >= 4 is 18.1 Å². The van der Waals surface area contributed by atoms with Crippen LogP contribution >= 0.6 is 0 Å². The quantitative estimate of drug-likeness (QED) is 0.756. The molecule has 0 amide bonds. The number of aryl methyl sites for hydroxylation is 2. The lowest BCUT2D eigenvalue weighted by Crippen LogP contribution is -2.28. The number of nitriles is 1. The number of hydrogen-bond donors (Lipinski definition) is 1. The van der Waals surface area contributed by atoms with E-state index in [4.69, 9.17) is 0 Å². The molecule has 3 rings (SSSR count). The van der Waals surface area contributed by atoms with Crippen molar-refractivity contribution in [1.82, 2.24) is 9.78 Å². The Bertz CT molecular complexity index is 1180. The van der Waals surface area contributed by atoms with Gasteiger partial charge < -0.3 is 5.11 Å². The van der Waals surface area contributed by atoms with Crippen molar-refractivity contribution in [3.63, 3.8) is 0 Å². The van der Waals surface area contributed by atoms with E-state index in [-0.39, 0.29) is 16.8 Å². The molecule has 28 heavy (non-hydrogen) atoms. The van der Waals surface area contributed by atoms with Crippen LogP contribution in [0, 0.1) is 25.2 Å². The summed E-state index contributed by atoms with van der Waals surface area (Å²) in [6, 6.07) is 16.3. The van der Waals surface area contributed by atoms with Gasteiger partial charge in [0.05, 0.1) is 5.69 Å². The van der Waals surface area contributed by atoms with Gasteiger partial charge in [-0.25, -0.2) is 4.79 Å². The molecule has 0 saturated heterocycles. The number of benzene rings is 2. The largest absolute Gasteiger partial charge is 0.476 e. The van der Waals surface area contributed by atoms with Crippen LogP contribution in [0.15, 0.2) is 53.3 Å². The molecule has 1 heterocycles. The van der Waals surface area contributed by atoms with Crippen LogP contribution in [-0.4, -0.2) is 20.9 Å². The predicted molar refractivity (Wildman–Crippen MR) is 106 cm³/mol. The fraction of sp³-hybridized carbons (Fsp3) is 0.0909. The molecule has 0 unspecified atom stereocenters. The normalized spacial score (nSPS) is 10.8. The molecule has 0 spiro atoms. The first-order valence-corrected chi connectivity index (χ1v) is 8.54. The maximum Gasteiger partial charge on any atom is 0.357 e. The van der Waals surface area contributed by atoms with Crippen molar-refractivity contribution < 1.29 is 9.90 Å². The Morgan fingerprint density at radius 2 is 1.79 bits per heavy atom. The predicted octanol–water partition coefficient (Wildman–Crippen LogP) is 3.59. The number of rotatable bonds is 4. The molecule has 6 heteroatoms. The molecule has 3 aromatic rings. The van der Waals surface area contributed by atoms with Crippen molar-refractivity contribution in [3.8, 4) is 11.8 Å². The van der Waals surface area contributed by atoms with Crippen molar-refractivity contribution in [2.45, 2.75) is 13.8 Å². The van der Waals surface area contributed by atoms with Gasteiger partial charge in [0.2, 0.25) is 0 Å². The van der Waals surface area contributed by atoms with E-state index < -0.39 is 11.5 Å². The van der Waals surface area contributed by atoms with E-state index in [9.17, 15) is 20.0 Å². The number of carboxylic acids is 1. The average molecular weight is 371 g/mol. The van der Waals surface area contributed by atoms with Gasteiger partial charge in [-0.05, 0) is 31.0 Å². The van der Waals surface area contributed by atoms with E-state index in [1.807, 2.05) is 37.3 Å². The summed E-state index contributed by atoms with van der Waals surface area (Å²) in [5.74, 6) is -1.32. The Morgan fingerprint density at radius 3 is 2.39 bits per heavy atom. The number of para-hydroxylation sites is 1. The first-order valence-electron chi connectivity index (χ1n) is 8.54. The van der Waals surface area contributed by atoms with Crippen molar-refractivity contribution in [3.05, 3.63) is 92.4 Å². The molecular formula is C22H17N3O3. The highest BCUT2D eigenvalue weighted by atomic mass is 16.4. The zero-order chi connectivity index (χ0) is 20.3. The minimum Gasteiger partial charge on any atom is -0.476 e. The monoisotopic (exact) mass is 371 g/mol. The third kappa shape index (κ3) is 3.60. The summed E-state index contributed by atoms with van der Waals surface area (Å²) in [5, 5.41) is 23.2. The number of carbonyl (C=O) groups is 1. The molecule has 1 aromatic heterocycles. The average Bonchev–Trinajstić information content (AvgIpc) is 2.68. The van der Waals surface area contributed by atoms with Crippen molar-refractivity contribution in [1.29, 1.82) is 5.26 Å². The van der Waals surface area contributed by atoms with E-state index >= 15 is 0 Å². The summed E-state index contributed by atoms with van der Waals surface area (Å²) < 4.78 is 0.973. The maximum absolute atomic E-state index is 12.9. The molecule has 0 saturated carbocycles. The van der Waals surface area contributed by atoms with Crippen LogP contribution in [0.4, 0.5) is 0 Å². The molecule has 0 aliphatic rings. The fourth-order valence-corrected chi connectivity index (χ4v) is 2.79. The summed E-state index contributed by atoms with van der Waals surface area (Å²) in [6.45, 7) is 3.74. The van der Waals surface area contributed by atoms with Gasteiger partial charge in [0, 0.05) is 5.56 Å². The van der Waals surface area contributed by atoms with Gasteiger partial charge in [-0.1, -0.05) is 60.2 Å². The van der Waals surface area contributed by atoms with E-state index in [1.54, 1.807) is 37.3 Å². The zero-order valence-corrected chi connectivity index (χ0v) is 15.4. The highest BCUT2D eigenvalue weighted by Gasteiger charge is 2.21. The third-order valence-corrected chi connectivity index (χ3v) is 4.31. The second-order valence-electron chi connectivity index (χ2n) is 6.30. The van der Waals surface area contributed by atoms with Gasteiger partial charge in [-0.2, -0.15) is 15.0 Å². The van der Waals surface area contributed by atoms with Crippen molar-refractivity contribution in [2.75, 3.05) is 0 Å². The molecule has 0 bridgehead atoms. The molecular weight excluding hydrogens is 354 g/mol. The lowest BCUT2D eigenvalue weighted by molar-refractivity contribution is 0.0688. The molecule has 138 valence electrons. The SMILES string of the molecule is Cc1ccc(/C=C\c2c(C(=O)O)nn(-c3ccccc3C)c(=O)c2C#N)cc1. The molecule has 2 aromatic carbocycles. The number of carboxylic acid groups (broad SMARTS) is 1. The number of aromatic nitrogens is 2. The van der Waals surface area contributed by atoms with Gasteiger partial charge in [0.25, 0.3) is 5.56 Å². The van der Waals surface area contributed by atoms with Crippen LogP contribution in [0.3, 0.4) is 0 Å². The molecule has 1 N–H and O–H groups in total. The fourth-order valence-electron chi connectivity index (χ4n) is 2.79.